The van der Waals surface area contributed by atoms with Crippen LogP contribution in [0.3, 0.4) is 0 Å². The highest BCUT2D eigenvalue weighted by Gasteiger charge is 2.20. The molecule has 0 aliphatic carbocycles. The quantitative estimate of drug-likeness (QED) is 0.162. The lowest BCUT2D eigenvalue weighted by atomic mass is 9.93. The maximum atomic E-state index is 6.16. The number of anilines is 3. The Hall–Kier alpha value is -7.68. The van der Waals surface area contributed by atoms with Gasteiger partial charge in [-0.1, -0.05) is 176 Å². The van der Waals surface area contributed by atoms with Gasteiger partial charge in [0.15, 0.2) is 0 Å². The standard InChI is InChI=1S/C56H37NO/c1-2-12-41(13-3-1)51-34-28-44(50-22-11-17-40-15-5-7-19-48(40)50)37-54(51)57(46-32-26-42(27-33-46)49-21-10-16-39-14-4-6-18-47(39)49)45-30-24-38(25-31-45)43-29-35-56-53(36-43)52-20-8-9-23-55(52)58-56/h1-37H. The van der Waals surface area contributed by atoms with Gasteiger partial charge in [0.2, 0.25) is 0 Å². The lowest BCUT2D eigenvalue weighted by Crippen LogP contribution is -2.11. The molecule has 0 aliphatic heterocycles. The number of benzene rings is 10. The van der Waals surface area contributed by atoms with E-state index in [1.165, 1.54) is 43.8 Å². The van der Waals surface area contributed by atoms with E-state index in [4.69, 9.17) is 4.42 Å². The van der Waals surface area contributed by atoms with Crippen molar-refractivity contribution in [2.24, 2.45) is 0 Å². The van der Waals surface area contributed by atoms with E-state index in [9.17, 15) is 0 Å². The topological polar surface area (TPSA) is 16.4 Å². The summed E-state index contributed by atoms with van der Waals surface area (Å²) in [5, 5.41) is 7.22. The number of furan rings is 1. The van der Waals surface area contributed by atoms with E-state index in [2.05, 4.69) is 217 Å². The van der Waals surface area contributed by atoms with E-state index in [1.807, 2.05) is 12.1 Å². The number of fused-ring (bicyclic) bond motifs is 5. The predicted octanol–water partition coefficient (Wildman–Crippen LogP) is 16.0. The van der Waals surface area contributed by atoms with Gasteiger partial charge in [-0.15, -0.1) is 0 Å². The average Bonchev–Trinajstić information content (AvgIpc) is 3.68. The van der Waals surface area contributed by atoms with Crippen LogP contribution in [0.25, 0.3) is 88.0 Å². The van der Waals surface area contributed by atoms with Gasteiger partial charge in [-0.3, -0.25) is 0 Å². The number of hydrogen-bond acceptors (Lipinski definition) is 2. The van der Waals surface area contributed by atoms with Gasteiger partial charge in [0.1, 0.15) is 11.2 Å². The fourth-order valence-electron chi connectivity index (χ4n) is 8.63. The fourth-order valence-corrected chi connectivity index (χ4v) is 8.63. The first-order valence-electron chi connectivity index (χ1n) is 19.8. The molecule has 58 heavy (non-hydrogen) atoms. The van der Waals surface area contributed by atoms with Gasteiger partial charge in [0, 0.05) is 27.7 Å². The summed E-state index contributed by atoms with van der Waals surface area (Å²) in [6.07, 6.45) is 0. The monoisotopic (exact) mass is 739 g/mol. The molecule has 11 aromatic rings. The Morgan fingerprint density at radius 3 is 1.47 bits per heavy atom. The summed E-state index contributed by atoms with van der Waals surface area (Å²) >= 11 is 0. The van der Waals surface area contributed by atoms with Crippen molar-refractivity contribution in [3.05, 3.63) is 224 Å². The normalized spacial score (nSPS) is 11.4. The smallest absolute Gasteiger partial charge is 0.135 e. The zero-order chi connectivity index (χ0) is 38.4. The summed E-state index contributed by atoms with van der Waals surface area (Å²) in [5.41, 5.74) is 14.5. The third kappa shape index (κ3) is 5.91. The summed E-state index contributed by atoms with van der Waals surface area (Å²) < 4.78 is 6.16. The summed E-state index contributed by atoms with van der Waals surface area (Å²) in [7, 11) is 0. The number of hydrogen-bond donors (Lipinski definition) is 0. The lowest BCUT2D eigenvalue weighted by molar-refractivity contribution is 0.669. The largest absolute Gasteiger partial charge is 0.456 e. The van der Waals surface area contributed by atoms with Gasteiger partial charge in [-0.05, 0) is 109 Å². The molecule has 10 aromatic carbocycles. The molecule has 0 bridgehead atoms. The highest BCUT2D eigenvalue weighted by Crippen LogP contribution is 2.45. The van der Waals surface area contributed by atoms with Gasteiger partial charge >= 0.3 is 0 Å². The summed E-state index contributed by atoms with van der Waals surface area (Å²) in [4.78, 5) is 2.42. The molecule has 11 rings (SSSR count). The Morgan fingerprint density at radius 1 is 0.276 bits per heavy atom. The van der Waals surface area contributed by atoms with Crippen molar-refractivity contribution in [3.8, 4) is 44.5 Å². The molecule has 2 heteroatoms. The molecule has 0 aliphatic rings. The highest BCUT2D eigenvalue weighted by atomic mass is 16.3. The molecule has 0 fully saturated rings. The zero-order valence-corrected chi connectivity index (χ0v) is 31.7. The molecule has 0 unspecified atom stereocenters. The molecule has 0 spiro atoms. The summed E-state index contributed by atoms with van der Waals surface area (Å²) in [6.45, 7) is 0. The fraction of sp³-hybridized carbons (Fsp3) is 0. The highest BCUT2D eigenvalue weighted by molar-refractivity contribution is 6.06. The van der Waals surface area contributed by atoms with Crippen LogP contribution in [-0.4, -0.2) is 0 Å². The molecule has 1 heterocycles. The minimum absolute atomic E-state index is 0.902. The van der Waals surface area contributed by atoms with Gasteiger partial charge in [0.25, 0.3) is 0 Å². The van der Waals surface area contributed by atoms with Crippen molar-refractivity contribution >= 4 is 60.5 Å². The maximum absolute atomic E-state index is 6.16. The Labute approximate surface area is 337 Å². The molecule has 0 amide bonds. The first-order valence-corrected chi connectivity index (χ1v) is 19.8. The second-order valence-corrected chi connectivity index (χ2v) is 14.9. The van der Waals surface area contributed by atoms with Gasteiger partial charge in [-0.25, -0.2) is 0 Å². The van der Waals surface area contributed by atoms with E-state index in [-0.39, 0.29) is 0 Å². The van der Waals surface area contributed by atoms with E-state index < -0.39 is 0 Å². The Kier molecular flexibility index (Phi) is 8.19. The van der Waals surface area contributed by atoms with Crippen molar-refractivity contribution in [2.75, 3.05) is 4.90 Å². The van der Waals surface area contributed by atoms with Crippen molar-refractivity contribution in [1.82, 2.24) is 0 Å². The van der Waals surface area contributed by atoms with Crippen LogP contribution in [0.5, 0.6) is 0 Å². The molecule has 2 nitrogen and oxygen atoms in total. The number of nitrogens with zero attached hydrogens (tertiary/aromatic N) is 1. The van der Waals surface area contributed by atoms with Gasteiger partial charge in [0.05, 0.1) is 5.69 Å². The molecule has 0 saturated carbocycles. The molecule has 0 saturated heterocycles. The molecule has 0 radical (unpaired) electrons. The predicted molar refractivity (Wildman–Crippen MR) is 245 cm³/mol. The van der Waals surface area contributed by atoms with Crippen LogP contribution >= 0.6 is 0 Å². The van der Waals surface area contributed by atoms with E-state index in [0.717, 1.165) is 61.3 Å². The van der Waals surface area contributed by atoms with Crippen molar-refractivity contribution in [1.29, 1.82) is 0 Å². The van der Waals surface area contributed by atoms with Crippen LogP contribution in [0.15, 0.2) is 229 Å². The van der Waals surface area contributed by atoms with Crippen LogP contribution in [0.2, 0.25) is 0 Å². The van der Waals surface area contributed by atoms with Crippen LogP contribution in [0, 0.1) is 0 Å². The lowest BCUT2D eigenvalue weighted by Gasteiger charge is -2.29. The second kappa shape index (κ2) is 14.1. The SMILES string of the molecule is c1ccc(-c2ccc(-c3cccc4ccccc34)cc2N(c2ccc(-c3ccc4oc5ccccc5c4c3)cc2)c2ccc(-c3cccc4ccccc34)cc2)cc1. The first-order chi connectivity index (χ1) is 28.7. The van der Waals surface area contributed by atoms with Crippen LogP contribution in [0.4, 0.5) is 17.1 Å². The average molecular weight is 740 g/mol. The van der Waals surface area contributed by atoms with Crippen molar-refractivity contribution in [2.45, 2.75) is 0 Å². The van der Waals surface area contributed by atoms with E-state index in [1.54, 1.807) is 0 Å². The van der Waals surface area contributed by atoms with Crippen molar-refractivity contribution in [3.63, 3.8) is 0 Å². The van der Waals surface area contributed by atoms with Crippen molar-refractivity contribution < 1.29 is 4.42 Å². The third-order valence-corrected chi connectivity index (χ3v) is 11.5. The molecule has 0 atom stereocenters. The molecule has 0 N–H and O–H groups in total. The number of para-hydroxylation sites is 1. The zero-order valence-electron chi connectivity index (χ0n) is 31.7. The Balaban J connectivity index is 1.09. The molecule has 272 valence electrons. The van der Waals surface area contributed by atoms with Crippen LogP contribution in [0.1, 0.15) is 0 Å². The number of rotatable bonds is 7. The van der Waals surface area contributed by atoms with E-state index >= 15 is 0 Å². The van der Waals surface area contributed by atoms with Gasteiger partial charge < -0.3 is 9.32 Å². The molecular weight excluding hydrogens is 703 g/mol. The summed E-state index contributed by atoms with van der Waals surface area (Å²) in [5.74, 6) is 0. The van der Waals surface area contributed by atoms with Crippen LogP contribution < -0.4 is 4.90 Å². The van der Waals surface area contributed by atoms with Gasteiger partial charge in [-0.2, -0.15) is 0 Å². The minimum atomic E-state index is 0.902. The molecular formula is C56H37NO. The minimum Gasteiger partial charge on any atom is -0.456 e. The third-order valence-electron chi connectivity index (χ3n) is 11.5. The Bertz CT molecular complexity index is 3260. The molecule has 1 aromatic heterocycles. The summed E-state index contributed by atoms with van der Waals surface area (Å²) in [6, 6.07) is 80.9. The Morgan fingerprint density at radius 2 is 0.776 bits per heavy atom. The first kappa shape index (κ1) is 33.6. The van der Waals surface area contributed by atoms with E-state index in [0.29, 0.717) is 0 Å². The second-order valence-electron chi connectivity index (χ2n) is 14.9. The van der Waals surface area contributed by atoms with Crippen LogP contribution in [-0.2, 0) is 0 Å². The maximum Gasteiger partial charge on any atom is 0.135 e.